The number of aliphatic hydroxyl groups excluding tert-OH is 1. The average molecular weight is 264 g/mol. The van der Waals surface area contributed by atoms with Crippen LogP contribution in [0, 0.1) is 17.2 Å². The lowest BCUT2D eigenvalue weighted by molar-refractivity contribution is 0.267. The maximum absolute atomic E-state index is 9.26. The summed E-state index contributed by atoms with van der Waals surface area (Å²) in [5.41, 5.74) is 1.55. The first-order chi connectivity index (χ1) is 8.63. The normalized spacial score (nSPS) is 12.2. The zero-order valence-electron chi connectivity index (χ0n) is 11.1. The Morgan fingerprint density at radius 1 is 1.44 bits per heavy atom. The van der Waals surface area contributed by atoms with Crippen molar-refractivity contribution in [3.8, 4) is 6.07 Å². The number of thioether (sulfide) groups is 1. The zero-order valence-corrected chi connectivity index (χ0v) is 11.9. The van der Waals surface area contributed by atoms with Gasteiger partial charge >= 0.3 is 0 Å². The van der Waals surface area contributed by atoms with Crippen molar-refractivity contribution in [3.63, 3.8) is 0 Å². The summed E-state index contributed by atoms with van der Waals surface area (Å²) >= 11 is 1.57. The Bertz CT molecular complexity index is 426. The predicted molar refractivity (Wildman–Crippen MR) is 76.9 cm³/mol. The van der Waals surface area contributed by atoms with Crippen LogP contribution in [0.5, 0.6) is 0 Å². The zero-order chi connectivity index (χ0) is 13.5. The lowest BCUT2D eigenvalue weighted by Crippen LogP contribution is -2.27. The molecule has 0 saturated carbocycles. The third-order valence-electron chi connectivity index (χ3n) is 2.94. The first-order valence-corrected chi connectivity index (χ1v) is 7.31. The van der Waals surface area contributed by atoms with Crippen LogP contribution >= 0.6 is 11.8 Å². The topological polar surface area (TPSA) is 56.0 Å². The van der Waals surface area contributed by atoms with Gasteiger partial charge in [-0.2, -0.15) is 5.26 Å². The standard InChI is InChI=1S/C14H20N2OS/c1-10(2)12(7-8-17)16-13-5-4-6-14(18-3)11(13)9-15/h4-6,10,12,16-17H,7-8H2,1-3H3. The van der Waals surface area contributed by atoms with Gasteiger partial charge in [-0.05, 0) is 30.7 Å². The van der Waals surface area contributed by atoms with E-state index >= 15 is 0 Å². The van der Waals surface area contributed by atoms with E-state index in [0.29, 0.717) is 17.9 Å². The van der Waals surface area contributed by atoms with Crippen LogP contribution in [0.1, 0.15) is 25.8 Å². The van der Waals surface area contributed by atoms with Gasteiger partial charge in [0.05, 0.1) is 11.3 Å². The van der Waals surface area contributed by atoms with Crippen LogP contribution in [0.3, 0.4) is 0 Å². The van der Waals surface area contributed by atoms with Gasteiger partial charge in [0.2, 0.25) is 0 Å². The van der Waals surface area contributed by atoms with E-state index in [4.69, 9.17) is 5.11 Å². The number of hydrogen-bond acceptors (Lipinski definition) is 4. The Morgan fingerprint density at radius 3 is 2.67 bits per heavy atom. The van der Waals surface area contributed by atoms with E-state index in [9.17, 15) is 5.26 Å². The van der Waals surface area contributed by atoms with E-state index in [2.05, 4.69) is 25.2 Å². The SMILES string of the molecule is CSc1cccc(NC(CCO)C(C)C)c1C#N. The molecule has 0 heterocycles. The maximum atomic E-state index is 9.26. The fourth-order valence-corrected chi connectivity index (χ4v) is 2.42. The molecule has 1 unspecified atom stereocenters. The van der Waals surface area contributed by atoms with Crippen molar-refractivity contribution < 1.29 is 5.11 Å². The van der Waals surface area contributed by atoms with Gasteiger partial charge in [-0.25, -0.2) is 0 Å². The number of nitrogens with zero attached hydrogens (tertiary/aromatic N) is 1. The minimum Gasteiger partial charge on any atom is -0.396 e. The number of anilines is 1. The Morgan fingerprint density at radius 2 is 2.17 bits per heavy atom. The van der Waals surface area contributed by atoms with Crippen molar-refractivity contribution in [2.24, 2.45) is 5.92 Å². The molecule has 4 heteroatoms. The Hall–Kier alpha value is -1.18. The highest BCUT2D eigenvalue weighted by atomic mass is 32.2. The van der Waals surface area contributed by atoms with Crippen LogP contribution in [0.25, 0.3) is 0 Å². The van der Waals surface area contributed by atoms with Gasteiger partial charge < -0.3 is 10.4 Å². The second-order valence-electron chi connectivity index (χ2n) is 4.50. The van der Waals surface area contributed by atoms with Gasteiger partial charge in [0, 0.05) is 17.5 Å². The largest absolute Gasteiger partial charge is 0.396 e. The number of aliphatic hydroxyl groups is 1. The summed E-state index contributed by atoms with van der Waals surface area (Å²) in [6.45, 7) is 4.37. The van der Waals surface area contributed by atoms with Crippen LogP contribution in [0.2, 0.25) is 0 Å². The smallest absolute Gasteiger partial charge is 0.102 e. The van der Waals surface area contributed by atoms with E-state index in [1.165, 1.54) is 0 Å². The minimum absolute atomic E-state index is 0.153. The van der Waals surface area contributed by atoms with Crippen LogP contribution < -0.4 is 5.32 Å². The number of hydrogen-bond donors (Lipinski definition) is 2. The Kier molecular flexibility index (Phi) is 6.03. The lowest BCUT2D eigenvalue weighted by Gasteiger charge is -2.23. The van der Waals surface area contributed by atoms with Crippen LogP contribution in [0.15, 0.2) is 23.1 Å². The average Bonchev–Trinajstić information content (AvgIpc) is 2.37. The first-order valence-electron chi connectivity index (χ1n) is 6.08. The van der Waals surface area contributed by atoms with Gasteiger partial charge in [0.15, 0.2) is 0 Å². The lowest BCUT2D eigenvalue weighted by atomic mass is 10.0. The highest BCUT2D eigenvalue weighted by Crippen LogP contribution is 2.27. The molecule has 0 radical (unpaired) electrons. The second kappa shape index (κ2) is 7.30. The molecule has 0 fully saturated rings. The molecule has 1 atom stereocenters. The summed E-state index contributed by atoms with van der Waals surface area (Å²) < 4.78 is 0. The van der Waals surface area contributed by atoms with E-state index < -0.39 is 0 Å². The summed E-state index contributed by atoms with van der Waals surface area (Å²) in [5, 5.41) is 21.7. The van der Waals surface area contributed by atoms with Crippen LogP contribution in [0.4, 0.5) is 5.69 Å². The molecule has 1 aromatic rings. The van der Waals surface area contributed by atoms with Gasteiger partial charge in [-0.1, -0.05) is 19.9 Å². The molecule has 0 spiro atoms. The number of nitriles is 1. The van der Waals surface area contributed by atoms with Crippen molar-refractivity contribution in [1.82, 2.24) is 0 Å². The van der Waals surface area contributed by atoms with Crippen molar-refractivity contribution in [2.75, 3.05) is 18.2 Å². The minimum atomic E-state index is 0.153. The molecule has 98 valence electrons. The third-order valence-corrected chi connectivity index (χ3v) is 3.72. The van der Waals surface area contributed by atoms with Gasteiger partial charge in [-0.15, -0.1) is 11.8 Å². The van der Waals surface area contributed by atoms with E-state index in [0.717, 1.165) is 10.6 Å². The Labute approximate surface area is 113 Å². The summed E-state index contributed by atoms with van der Waals surface area (Å²) in [4.78, 5) is 0.981. The van der Waals surface area contributed by atoms with Gasteiger partial charge in [0.1, 0.15) is 6.07 Å². The molecule has 0 bridgehead atoms. The fourth-order valence-electron chi connectivity index (χ4n) is 1.85. The number of rotatable bonds is 6. The molecule has 0 aromatic heterocycles. The molecule has 0 saturated heterocycles. The molecule has 0 aliphatic rings. The quantitative estimate of drug-likeness (QED) is 0.775. The summed E-state index contributed by atoms with van der Waals surface area (Å²) in [7, 11) is 0. The van der Waals surface area contributed by atoms with Crippen molar-refractivity contribution >= 4 is 17.4 Å². The summed E-state index contributed by atoms with van der Waals surface area (Å²) in [6, 6.07) is 8.26. The van der Waals surface area contributed by atoms with E-state index in [-0.39, 0.29) is 12.6 Å². The van der Waals surface area contributed by atoms with E-state index in [1.807, 2.05) is 24.5 Å². The number of benzene rings is 1. The van der Waals surface area contributed by atoms with Crippen molar-refractivity contribution in [3.05, 3.63) is 23.8 Å². The second-order valence-corrected chi connectivity index (χ2v) is 5.35. The molecule has 0 amide bonds. The molecule has 0 aliphatic heterocycles. The molecule has 18 heavy (non-hydrogen) atoms. The highest BCUT2D eigenvalue weighted by molar-refractivity contribution is 7.98. The van der Waals surface area contributed by atoms with Gasteiger partial charge in [0.25, 0.3) is 0 Å². The predicted octanol–water partition coefficient (Wildman–Crippen LogP) is 3.10. The molecule has 3 nitrogen and oxygen atoms in total. The third kappa shape index (κ3) is 3.66. The monoisotopic (exact) mass is 264 g/mol. The summed E-state index contributed by atoms with van der Waals surface area (Å²) in [5.74, 6) is 0.404. The van der Waals surface area contributed by atoms with Crippen LogP contribution in [-0.2, 0) is 0 Å². The summed E-state index contributed by atoms with van der Waals surface area (Å²) in [6.07, 6.45) is 2.65. The maximum Gasteiger partial charge on any atom is 0.102 e. The molecule has 1 aromatic carbocycles. The Balaban J connectivity index is 2.99. The van der Waals surface area contributed by atoms with Crippen molar-refractivity contribution in [1.29, 1.82) is 5.26 Å². The van der Waals surface area contributed by atoms with E-state index in [1.54, 1.807) is 11.8 Å². The molecule has 0 aliphatic carbocycles. The van der Waals surface area contributed by atoms with Gasteiger partial charge in [-0.3, -0.25) is 0 Å². The highest BCUT2D eigenvalue weighted by Gasteiger charge is 2.15. The van der Waals surface area contributed by atoms with Crippen LogP contribution in [-0.4, -0.2) is 24.0 Å². The molecule has 2 N–H and O–H groups in total. The fraction of sp³-hybridized carbons (Fsp3) is 0.500. The first kappa shape index (κ1) is 14.9. The number of nitrogens with one attached hydrogen (secondary N) is 1. The molecule has 1 rings (SSSR count). The molecular weight excluding hydrogens is 244 g/mol. The molecular formula is C14H20N2OS. The van der Waals surface area contributed by atoms with Crippen molar-refractivity contribution in [2.45, 2.75) is 31.2 Å².